The molecule has 0 aromatic heterocycles. The van der Waals surface area contributed by atoms with Gasteiger partial charge in [-0.1, -0.05) is 0 Å². The zero-order valence-corrected chi connectivity index (χ0v) is 10.0. The van der Waals surface area contributed by atoms with Crippen LogP contribution in [0.15, 0.2) is 0 Å². The molecule has 0 aromatic carbocycles. The van der Waals surface area contributed by atoms with E-state index in [9.17, 15) is 13.6 Å². The Hall–Kier alpha value is -0.710. The van der Waals surface area contributed by atoms with E-state index in [1.54, 1.807) is 4.90 Å². The van der Waals surface area contributed by atoms with Gasteiger partial charge in [0.15, 0.2) is 0 Å². The van der Waals surface area contributed by atoms with Gasteiger partial charge in [-0.15, -0.1) is 0 Å². The zero-order chi connectivity index (χ0) is 12.5. The molecule has 2 atom stereocenters. The number of nitrogens with zero attached hydrogens (tertiary/aromatic N) is 1. The van der Waals surface area contributed by atoms with Gasteiger partial charge < -0.3 is 10.6 Å². The highest BCUT2D eigenvalue weighted by Crippen LogP contribution is 2.40. The van der Waals surface area contributed by atoms with Crippen molar-refractivity contribution in [2.45, 2.75) is 38.0 Å². The molecule has 1 amide bonds. The lowest BCUT2D eigenvalue weighted by Gasteiger charge is -2.20. The maximum absolute atomic E-state index is 13.1. The fraction of sp³-hybridized carbons (Fsp3) is 0.917. The van der Waals surface area contributed by atoms with Gasteiger partial charge >= 0.3 is 0 Å². The highest BCUT2D eigenvalue weighted by Gasteiger charge is 2.44. The molecule has 0 spiro atoms. The van der Waals surface area contributed by atoms with E-state index < -0.39 is 11.8 Å². The SMILES string of the molecule is NCCC1CCN(C(=O)C2CCC(F)(F)C2)C1. The van der Waals surface area contributed by atoms with Gasteiger partial charge in [-0.05, 0) is 31.7 Å². The van der Waals surface area contributed by atoms with Crippen molar-refractivity contribution in [2.24, 2.45) is 17.6 Å². The molecule has 98 valence electrons. The molecule has 1 saturated heterocycles. The largest absolute Gasteiger partial charge is 0.342 e. The number of likely N-dealkylation sites (tertiary alicyclic amines) is 1. The zero-order valence-electron chi connectivity index (χ0n) is 10.0. The Morgan fingerprint density at radius 3 is 2.76 bits per heavy atom. The van der Waals surface area contributed by atoms with E-state index in [1.807, 2.05) is 0 Å². The van der Waals surface area contributed by atoms with Gasteiger partial charge in [-0.25, -0.2) is 8.78 Å². The molecule has 0 bridgehead atoms. The quantitative estimate of drug-likeness (QED) is 0.822. The molecule has 2 rings (SSSR count). The number of alkyl halides is 2. The molecule has 3 nitrogen and oxygen atoms in total. The third-order valence-electron chi connectivity index (χ3n) is 3.93. The lowest BCUT2D eigenvalue weighted by molar-refractivity contribution is -0.135. The van der Waals surface area contributed by atoms with Crippen LogP contribution in [0.25, 0.3) is 0 Å². The van der Waals surface area contributed by atoms with Crippen LogP contribution in [0.3, 0.4) is 0 Å². The summed E-state index contributed by atoms with van der Waals surface area (Å²) in [4.78, 5) is 13.8. The predicted molar refractivity (Wildman–Crippen MR) is 60.6 cm³/mol. The molecule has 0 radical (unpaired) electrons. The molecular weight excluding hydrogens is 226 g/mol. The highest BCUT2D eigenvalue weighted by atomic mass is 19.3. The van der Waals surface area contributed by atoms with Gasteiger partial charge in [-0.3, -0.25) is 4.79 Å². The fourth-order valence-electron chi connectivity index (χ4n) is 2.92. The number of carbonyl (C=O) groups excluding carboxylic acids is 1. The molecule has 0 aromatic rings. The van der Waals surface area contributed by atoms with Crippen molar-refractivity contribution in [3.8, 4) is 0 Å². The van der Waals surface area contributed by atoms with Crippen molar-refractivity contribution in [3.05, 3.63) is 0 Å². The lowest BCUT2D eigenvalue weighted by Crippen LogP contribution is -2.34. The van der Waals surface area contributed by atoms with Gasteiger partial charge in [0.05, 0.1) is 0 Å². The van der Waals surface area contributed by atoms with Crippen LogP contribution in [0.4, 0.5) is 8.78 Å². The molecular formula is C12H20F2N2O. The second kappa shape index (κ2) is 4.88. The molecule has 2 N–H and O–H groups in total. The highest BCUT2D eigenvalue weighted by molar-refractivity contribution is 5.79. The number of hydrogen-bond acceptors (Lipinski definition) is 2. The van der Waals surface area contributed by atoms with Gasteiger partial charge in [0.2, 0.25) is 11.8 Å². The summed E-state index contributed by atoms with van der Waals surface area (Å²) in [7, 11) is 0. The summed E-state index contributed by atoms with van der Waals surface area (Å²) in [5.74, 6) is -2.69. The topological polar surface area (TPSA) is 46.3 Å². The van der Waals surface area contributed by atoms with Crippen LogP contribution in [0.1, 0.15) is 32.1 Å². The first kappa shape index (κ1) is 12.7. The molecule has 17 heavy (non-hydrogen) atoms. The standard InChI is InChI=1S/C12H20F2N2O/c13-12(14)4-1-10(7-12)11(17)16-6-3-9(8-16)2-5-15/h9-10H,1-8,15H2. The van der Waals surface area contributed by atoms with Crippen molar-refractivity contribution in [3.63, 3.8) is 0 Å². The van der Waals surface area contributed by atoms with Crippen molar-refractivity contribution in [1.82, 2.24) is 4.90 Å². The van der Waals surface area contributed by atoms with E-state index in [0.717, 1.165) is 12.8 Å². The van der Waals surface area contributed by atoms with Crippen LogP contribution in [0, 0.1) is 11.8 Å². The second-order valence-electron chi connectivity index (χ2n) is 5.31. The summed E-state index contributed by atoms with van der Waals surface area (Å²) in [5, 5.41) is 0. The van der Waals surface area contributed by atoms with E-state index in [-0.39, 0.29) is 18.7 Å². The Morgan fingerprint density at radius 2 is 2.18 bits per heavy atom. The number of amides is 1. The monoisotopic (exact) mass is 246 g/mol. The van der Waals surface area contributed by atoms with Gasteiger partial charge in [0, 0.05) is 31.8 Å². The molecule has 1 heterocycles. The average molecular weight is 246 g/mol. The normalized spacial score (nSPS) is 32.1. The van der Waals surface area contributed by atoms with Gasteiger partial charge in [0.1, 0.15) is 0 Å². The Balaban J connectivity index is 1.85. The maximum atomic E-state index is 13.1. The summed E-state index contributed by atoms with van der Waals surface area (Å²) in [6.45, 7) is 2.05. The molecule has 5 heteroatoms. The molecule has 1 aliphatic carbocycles. The van der Waals surface area contributed by atoms with Crippen molar-refractivity contribution in [1.29, 1.82) is 0 Å². The van der Waals surface area contributed by atoms with Gasteiger partial charge in [0.25, 0.3) is 0 Å². The fourth-order valence-corrected chi connectivity index (χ4v) is 2.92. The van der Waals surface area contributed by atoms with E-state index in [1.165, 1.54) is 0 Å². The van der Waals surface area contributed by atoms with Crippen LogP contribution in [0.5, 0.6) is 0 Å². The van der Waals surface area contributed by atoms with Crippen LogP contribution in [-0.2, 0) is 4.79 Å². The molecule has 2 unspecified atom stereocenters. The van der Waals surface area contributed by atoms with Crippen LogP contribution >= 0.6 is 0 Å². The number of hydrogen-bond donors (Lipinski definition) is 1. The summed E-state index contributed by atoms with van der Waals surface area (Å²) < 4.78 is 26.1. The summed E-state index contributed by atoms with van der Waals surface area (Å²) in [5.41, 5.74) is 5.48. The first-order valence-corrected chi connectivity index (χ1v) is 6.38. The predicted octanol–water partition coefficient (Wildman–Crippen LogP) is 1.62. The van der Waals surface area contributed by atoms with E-state index in [4.69, 9.17) is 5.73 Å². The molecule has 2 aliphatic rings. The molecule has 1 aliphatic heterocycles. The van der Waals surface area contributed by atoms with E-state index >= 15 is 0 Å². The average Bonchev–Trinajstić information content (AvgIpc) is 2.85. The molecule has 2 fully saturated rings. The first-order valence-electron chi connectivity index (χ1n) is 6.38. The summed E-state index contributed by atoms with van der Waals surface area (Å²) >= 11 is 0. The van der Waals surface area contributed by atoms with E-state index in [2.05, 4.69) is 0 Å². The van der Waals surface area contributed by atoms with Crippen molar-refractivity contribution >= 4 is 5.91 Å². The Bertz CT molecular complexity index is 296. The minimum atomic E-state index is -2.63. The Morgan fingerprint density at radius 1 is 1.41 bits per heavy atom. The van der Waals surface area contributed by atoms with Crippen molar-refractivity contribution in [2.75, 3.05) is 19.6 Å². The second-order valence-corrected chi connectivity index (χ2v) is 5.31. The van der Waals surface area contributed by atoms with E-state index in [0.29, 0.717) is 32.0 Å². The summed E-state index contributed by atoms with van der Waals surface area (Å²) in [6.07, 6.45) is 1.83. The lowest BCUT2D eigenvalue weighted by atomic mass is 10.1. The third-order valence-corrected chi connectivity index (χ3v) is 3.93. The van der Waals surface area contributed by atoms with Crippen molar-refractivity contribution < 1.29 is 13.6 Å². The molecule has 1 saturated carbocycles. The van der Waals surface area contributed by atoms with Crippen LogP contribution < -0.4 is 5.73 Å². The summed E-state index contributed by atoms with van der Waals surface area (Å²) in [6, 6.07) is 0. The number of nitrogens with two attached hydrogens (primary N) is 1. The third kappa shape index (κ3) is 2.94. The number of rotatable bonds is 3. The smallest absolute Gasteiger partial charge is 0.248 e. The minimum absolute atomic E-state index is 0.0679. The first-order chi connectivity index (χ1) is 8.02. The Kier molecular flexibility index (Phi) is 3.66. The minimum Gasteiger partial charge on any atom is -0.342 e. The number of carbonyl (C=O) groups is 1. The van der Waals surface area contributed by atoms with Crippen LogP contribution in [-0.4, -0.2) is 36.4 Å². The van der Waals surface area contributed by atoms with Crippen LogP contribution in [0.2, 0.25) is 0 Å². The maximum Gasteiger partial charge on any atom is 0.248 e. The Labute approximate surface area is 100 Å². The van der Waals surface area contributed by atoms with Gasteiger partial charge in [-0.2, -0.15) is 0 Å². The number of halogens is 2.